The highest BCUT2D eigenvalue weighted by atomic mass is 35.5. The molecule has 1 fully saturated rings. The Bertz CT molecular complexity index is 1640. The van der Waals surface area contributed by atoms with E-state index in [1.807, 2.05) is 6.92 Å². The monoisotopic (exact) mass is 604 g/mol. The molecule has 4 aromatic rings. The van der Waals surface area contributed by atoms with Gasteiger partial charge in [-0.1, -0.05) is 18.5 Å². The standard InChI is InChI=1S/C29H28ClF3N4O5/c1-16(27(38)39)8-11-41-19-5-6-20(21(30)13-19)24-36-23-25(34-15-35-26(23)42-28(2)9-10-28)37(24)14-17-12-18(29(31,32)33)4-7-22(17)40-3/h4-7,12-13,15-16H,8-11,14H2,1-3H3,(H,38,39)/t16-/m1/s1. The minimum Gasteiger partial charge on any atom is -0.496 e. The van der Waals surface area contributed by atoms with Crippen LogP contribution in [0.5, 0.6) is 17.4 Å². The van der Waals surface area contributed by atoms with Gasteiger partial charge in [-0.3, -0.25) is 4.79 Å². The van der Waals surface area contributed by atoms with E-state index in [2.05, 4.69) is 9.97 Å². The number of methoxy groups -OCH3 is 1. The van der Waals surface area contributed by atoms with Gasteiger partial charge in [-0.15, -0.1) is 0 Å². The highest BCUT2D eigenvalue weighted by Crippen LogP contribution is 2.42. The average molecular weight is 605 g/mol. The van der Waals surface area contributed by atoms with E-state index in [9.17, 15) is 18.0 Å². The van der Waals surface area contributed by atoms with Gasteiger partial charge in [0.05, 0.1) is 36.8 Å². The molecule has 0 bridgehead atoms. The predicted octanol–water partition coefficient (Wildman–Crippen LogP) is 6.64. The zero-order valence-electron chi connectivity index (χ0n) is 23.0. The van der Waals surface area contributed by atoms with Gasteiger partial charge in [0.25, 0.3) is 0 Å². The molecule has 2 heterocycles. The van der Waals surface area contributed by atoms with Crippen molar-refractivity contribution in [2.45, 2.75) is 51.4 Å². The summed E-state index contributed by atoms with van der Waals surface area (Å²) in [5, 5.41) is 9.34. The van der Waals surface area contributed by atoms with Crippen LogP contribution in [0.3, 0.4) is 0 Å². The molecule has 1 aliphatic rings. The first-order valence-corrected chi connectivity index (χ1v) is 13.6. The second-order valence-corrected chi connectivity index (χ2v) is 10.9. The molecule has 2 aromatic carbocycles. The number of nitrogens with zero attached hydrogens (tertiary/aromatic N) is 4. The van der Waals surface area contributed by atoms with E-state index in [0.29, 0.717) is 34.7 Å². The Morgan fingerprint density at radius 3 is 2.60 bits per heavy atom. The number of ether oxygens (including phenoxy) is 3. The Morgan fingerprint density at radius 1 is 1.19 bits per heavy atom. The fourth-order valence-corrected chi connectivity index (χ4v) is 4.61. The van der Waals surface area contributed by atoms with Crippen molar-refractivity contribution in [2.24, 2.45) is 5.92 Å². The number of imidazole rings is 1. The third-order valence-corrected chi connectivity index (χ3v) is 7.47. The maximum absolute atomic E-state index is 13.6. The molecule has 2 aromatic heterocycles. The lowest BCUT2D eigenvalue weighted by Gasteiger charge is -2.16. The largest absolute Gasteiger partial charge is 0.496 e. The van der Waals surface area contributed by atoms with Crippen LogP contribution in [-0.4, -0.2) is 49.9 Å². The van der Waals surface area contributed by atoms with Crippen LogP contribution in [0.4, 0.5) is 13.2 Å². The molecule has 0 aliphatic heterocycles. The Labute approximate surface area is 244 Å². The summed E-state index contributed by atoms with van der Waals surface area (Å²) < 4.78 is 59.7. The normalized spacial score (nSPS) is 14.9. The van der Waals surface area contributed by atoms with Gasteiger partial charge in [0.1, 0.15) is 29.3 Å². The van der Waals surface area contributed by atoms with Gasteiger partial charge in [-0.05, 0) is 62.6 Å². The van der Waals surface area contributed by atoms with Crippen LogP contribution >= 0.6 is 11.6 Å². The van der Waals surface area contributed by atoms with Crippen LogP contribution in [-0.2, 0) is 17.5 Å². The summed E-state index contributed by atoms with van der Waals surface area (Å²) >= 11 is 6.69. The quantitative estimate of drug-likeness (QED) is 0.203. The number of rotatable bonds is 11. The minimum atomic E-state index is -4.55. The Kier molecular flexibility index (Phi) is 7.93. The van der Waals surface area contributed by atoms with Crippen LogP contribution in [0.2, 0.25) is 5.02 Å². The summed E-state index contributed by atoms with van der Waals surface area (Å²) in [6.07, 6.45) is -1.21. The fraction of sp³-hybridized carbons (Fsp3) is 0.379. The number of hydrogen-bond acceptors (Lipinski definition) is 7. The number of carboxylic acid groups (broad SMARTS) is 1. The van der Waals surface area contributed by atoms with Crippen molar-refractivity contribution in [1.29, 1.82) is 0 Å². The van der Waals surface area contributed by atoms with Crippen LogP contribution in [0.15, 0.2) is 42.7 Å². The van der Waals surface area contributed by atoms with E-state index in [1.165, 1.54) is 19.5 Å². The van der Waals surface area contributed by atoms with E-state index in [-0.39, 0.29) is 41.0 Å². The lowest BCUT2D eigenvalue weighted by atomic mass is 10.1. The van der Waals surface area contributed by atoms with Gasteiger partial charge < -0.3 is 23.9 Å². The number of fused-ring (bicyclic) bond motifs is 1. The third-order valence-electron chi connectivity index (χ3n) is 7.15. The van der Waals surface area contributed by atoms with Crippen LogP contribution in [0, 0.1) is 5.92 Å². The van der Waals surface area contributed by atoms with Crippen molar-refractivity contribution in [2.75, 3.05) is 13.7 Å². The molecule has 9 nitrogen and oxygen atoms in total. The molecule has 0 unspecified atom stereocenters. The van der Waals surface area contributed by atoms with Crippen molar-refractivity contribution in [3.8, 4) is 28.8 Å². The molecule has 1 N–H and O–H groups in total. The van der Waals surface area contributed by atoms with Gasteiger partial charge in [0, 0.05) is 11.1 Å². The lowest BCUT2D eigenvalue weighted by Crippen LogP contribution is -2.13. The third kappa shape index (κ3) is 6.23. The SMILES string of the molecule is COc1ccc(C(F)(F)F)cc1Cn1c(-c2ccc(OCC[C@@H](C)C(=O)O)cc2Cl)nc2c(OC3(C)CC3)ncnc21. The van der Waals surface area contributed by atoms with Crippen LogP contribution in [0.1, 0.15) is 44.2 Å². The second kappa shape index (κ2) is 11.3. The van der Waals surface area contributed by atoms with Crippen molar-refractivity contribution in [3.63, 3.8) is 0 Å². The molecular formula is C29H28ClF3N4O5. The molecule has 42 heavy (non-hydrogen) atoms. The van der Waals surface area contributed by atoms with Gasteiger partial charge in [0.15, 0.2) is 11.2 Å². The average Bonchev–Trinajstić information content (AvgIpc) is 3.55. The molecule has 1 saturated carbocycles. The Morgan fingerprint density at radius 2 is 1.95 bits per heavy atom. The highest BCUT2D eigenvalue weighted by Gasteiger charge is 2.41. The second-order valence-electron chi connectivity index (χ2n) is 10.5. The molecule has 222 valence electrons. The van der Waals surface area contributed by atoms with E-state index < -0.39 is 23.6 Å². The van der Waals surface area contributed by atoms with Crippen molar-refractivity contribution in [1.82, 2.24) is 19.5 Å². The Balaban J connectivity index is 1.58. The summed E-state index contributed by atoms with van der Waals surface area (Å²) in [6, 6.07) is 8.19. The molecule has 0 spiro atoms. The lowest BCUT2D eigenvalue weighted by molar-refractivity contribution is -0.141. The fourth-order valence-electron chi connectivity index (χ4n) is 4.35. The maximum Gasteiger partial charge on any atom is 0.416 e. The van der Waals surface area contributed by atoms with E-state index >= 15 is 0 Å². The Hall–Kier alpha value is -4.06. The summed E-state index contributed by atoms with van der Waals surface area (Å²) in [6.45, 7) is 3.65. The molecule has 1 atom stereocenters. The van der Waals surface area contributed by atoms with Gasteiger partial charge >= 0.3 is 12.1 Å². The van der Waals surface area contributed by atoms with Crippen molar-refractivity contribution in [3.05, 3.63) is 58.9 Å². The van der Waals surface area contributed by atoms with Gasteiger partial charge in [-0.25, -0.2) is 9.97 Å². The molecule has 0 amide bonds. The maximum atomic E-state index is 13.6. The molecule has 1 aliphatic carbocycles. The number of benzene rings is 2. The first-order valence-electron chi connectivity index (χ1n) is 13.2. The zero-order chi connectivity index (χ0) is 30.2. The summed E-state index contributed by atoms with van der Waals surface area (Å²) in [5.41, 5.74) is 0.219. The van der Waals surface area contributed by atoms with Crippen LogP contribution in [0.25, 0.3) is 22.6 Å². The summed E-state index contributed by atoms with van der Waals surface area (Å²) in [7, 11) is 1.39. The molecule has 5 rings (SSSR count). The van der Waals surface area contributed by atoms with Gasteiger partial charge in [-0.2, -0.15) is 18.2 Å². The van der Waals surface area contributed by atoms with Gasteiger partial charge in [0.2, 0.25) is 5.88 Å². The topological polar surface area (TPSA) is 109 Å². The number of alkyl halides is 3. The molecular weight excluding hydrogens is 577 g/mol. The van der Waals surface area contributed by atoms with E-state index in [0.717, 1.165) is 25.0 Å². The number of carboxylic acids is 1. The van der Waals surface area contributed by atoms with Crippen molar-refractivity contribution >= 4 is 28.7 Å². The first-order chi connectivity index (χ1) is 19.9. The van der Waals surface area contributed by atoms with Crippen LogP contribution < -0.4 is 14.2 Å². The smallest absolute Gasteiger partial charge is 0.416 e. The number of aromatic nitrogens is 4. The number of hydrogen-bond donors (Lipinski definition) is 1. The predicted molar refractivity (Wildman–Crippen MR) is 148 cm³/mol. The summed E-state index contributed by atoms with van der Waals surface area (Å²) in [4.78, 5) is 24.5. The van der Waals surface area contributed by atoms with Crippen molar-refractivity contribution < 1.29 is 37.3 Å². The van der Waals surface area contributed by atoms with E-state index in [4.69, 9.17) is 35.9 Å². The first kappa shape index (κ1) is 29.4. The highest BCUT2D eigenvalue weighted by molar-refractivity contribution is 6.33. The van der Waals surface area contributed by atoms with E-state index in [1.54, 1.807) is 29.7 Å². The minimum absolute atomic E-state index is 0.0751. The number of carbonyl (C=O) groups is 1. The zero-order valence-corrected chi connectivity index (χ0v) is 23.8. The summed E-state index contributed by atoms with van der Waals surface area (Å²) in [5.74, 6) is -0.203. The number of halogens is 4. The molecule has 0 radical (unpaired) electrons. The molecule has 0 saturated heterocycles. The number of aliphatic carboxylic acids is 1. The molecule has 13 heteroatoms.